The lowest BCUT2D eigenvalue weighted by Crippen LogP contribution is -2.35. The van der Waals surface area contributed by atoms with E-state index in [1.165, 1.54) is 0 Å². The van der Waals surface area contributed by atoms with Gasteiger partial charge in [0.2, 0.25) is 5.91 Å². The summed E-state index contributed by atoms with van der Waals surface area (Å²) in [5.41, 5.74) is 6.47. The quantitative estimate of drug-likeness (QED) is 0.852. The van der Waals surface area contributed by atoms with E-state index in [0.29, 0.717) is 22.9 Å². The van der Waals surface area contributed by atoms with Gasteiger partial charge in [0, 0.05) is 17.1 Å². The topological polar surface area (TPSA) is 81.4 Å². The van der Waals surface area contributed by atoms with Crippen LogP contribution in [0.25, 0.3) is 0 Å². The highest BCUT2D eigenvalue weighted by Crippen LogP contribution is 2.16. The Hall–Kier alpha value is -2.53. The molecule has 0 unspecified atom stereocenters. The van der Waals surface area contributed by atoms with Crippen LogP contribution in [0.1, 0.15) is 22.8 Å². The molecule has 0 saturated heterocycles. The van der Waals surface area contributed by atoms with E-state index in [0.717, 1.165) is 5.56 Å². The first-order valence-corrected chi connectivity index (χ1v) is 7.42. The van der Waals surface area contributed by atoms with Crippen molar-refractivity contribution in [3.8, 4) is 5.75 Å². The number of nitrogens with two attached hydrogens (primary N) is 1. The number of ether oxygens (including phenoxy) is 1. The fraction of sp³-hybridized carbons (Fsp3) is 0.176. The van der Waals surface area contributed by atoms with Crippen LogP contribution in [-0.4, -0.2) is 17.9 Å². The largest absolute Gasteiger partial charge is 0.481 e. The lowest BCUT2D eigenvalue weighted by molar-refractivity contribution is -0.127. The number of hydrogen-bond acceptors (Lipinski definition) is 3. The number of rotatable bonds is 6. The fourth-order valence-electron chi connectivity index (χ4n) is 1.89. The molecule has 0 aliphatic rings. The summed E-state index contributed by atoms with van der Waals surface area (Å²) in [4.78, 5) is 23.0. The molecular formula is C17H17ClN2O3. The number of benzene rings is 2. The van der Waals surface area contributed by atoms with Crippen LogP contribution in [0.4, 0.5) is 0 Å². The van der Waals surface area contributed by atoms with Crippen LogP contribution in [0, 0.1) is 0 Å². The molecule has 0 bridgehead atoms. The van der Waals surface area contributed by atoms with Crippen molar-refractivity contribution < 1.29 is 14.3 Å². The Morgan fingerprint density at radius 1 is 1.13 bits per heavy atom. The van der Waals surface area contributed by atoms with E-state index in [9.17, 15) is 9.59 Å². The summed E-state index contributed by atoms with van der Waals surface area (Å²) in [5.74, 6) is -0.146. The minimum absolute atomic E-state index is 0.237. The van der Waals surface area contributed by atoms with Gasteiger partial charge >= 0.3 is 0 Å². The summed E-state index contributed by atoms with van der Waals surface area (Å²) in [6.45, 7) is 2.01. The molecule has 0 aliphatic heterocycles. The highest BCUT2D eigenvalue weighted by Gasteiger charge is 2.14. The number of carbonyl (C=O) groups excluding carboxylic acids is 2. The molecule has 6 heteroatoms. The fourth-order valence-corrected chi connectivity index (χ4v) is 2.02. The average Bonchev–Trinajstić information content (AvgIpc) is 2.55. The first-order valence-electron chi connectivity index (χ1n) is 7.04. The van der Waals surface area contributed by atoms with E-state index in [1.54, 1.807) is 55.5 Å². The molecular weight excluding hydrogens is 316 g/mol. The molecule has 0 radical (unpaired) electrons. The number of nitrogens with one attached hydrogen (secondary N) is 1. The van der Waals surface area contributed by atoms with Crippen LogP contribution in [0.5, 0.6) is 5.75 Å². The first-order chi connectivity index (χ1) is 11.0. The Kier molecular flexibility index (Phi) is 5.60. The van der Waals surface area contributed by atoms with Gasteiger partial charge in [-0.25, -0.2) is 0 Å². The summed E-state index contributed by atoms with van der Waals surface area (Å²) >= 11 is 5.80. The molecule has 0 spiro atoms. The number of carbonyl (C=O) groups is 2. The maximum atomic E-state index is 12.0. The standard InChI is InChI=1S/C17H17ClN2O3/c1-11(23-15-8-6-14(18)7-9-15)17(22)20-10-12-2-4-13(5-3-12)16(19)21/h2-9,11H,10H2,1H3,(H2,19,21)(H,20,22)/t11-/m1/s1. The monoisotopic (exact) mass is 332 g/mol. The lowest BCUT2D eigenvalue weighted by Gasteiger charge is -2.15. The minimum Gasteiger partial charge on any atom is -0.481 e. The van der Waals surface area contributed by atoms with Crippen molar-refractivity contribution >= 4 is 23.4 Å². The Balaban J connectivity index is 1.86. The normalized spacial score (nSPS) is 11.6. The Bertz CT molecular complexity index is 684. The van der Waals surface area contributed by atoms with Crippen molar-refractivity contribution in [1.29, 1.82) is 0 Å². The van der Waals surface area contributed by atoms with E-state index in [2.05, 4.69) is 5.32 Å². The van der Waals surface area contributed by atoms with Gasteiger partial charge in [-0.2, -0.15) is 0 Å². The van der Waals surface area contributed by atoms with Crippen LogP contribution in [-0.2, 0) is 11.3 Å². The molecule has 3 N–H and O–H groups in total. The molecule has 23 heavy (non-hydrogen) atoms. The third-order valence-corrected chi connectivity index (χ3v) is 3.45. The highest BCUT2D eigenvalue weighted by molar-refractivity contribution is 6.30. The van der Waals surface area contributed by atoms with Crippen molar-refractivity contribution in [3.63, 3.8) is 0 Å². The summed E-state index contributed by atoms with van der Waals surface area (Å²) in [6.07, 6.45) is -0.638. The third-order valence-electron chi connectivity index (χ3n) is 3.20. The molecule has 2 aromatic carbocycles. The van der Waals surface area contributed by atoms with Gasteiger partial charge in [-0.05, 0) is 48.9 Å². The van der Waals surface area contributed by atoms with Gasteiger partial charge in [-0.3, -0.25) is 9.59 Å². The summed E-state index contributed by atoms with van der Waals surface area (Å²) < 4.78 is 5.54. The maximum absolute atomic E-state index is 12.0. The van der Waals surface area contributed by atoms with Gasteiger partial charge < -0.3 is 15.8 Å². The van der Waals surface area contributed by atoms with Crippen LogP contribution in [0.2, 0.25) is 5.02 Å². The van der Waals surface area contributed by atoms with Crippen LogP contribution in [0.15, 0.2) is 48.5 Å². The van der Waals surface area contributed by atoms with E-state index in [1.807, 2.05) is 0 Å². The predicted octanol–water partition coefficient (Wildman–Crippen LogP) is 2.52. The molecule has 2 amide bonds. The van der Waals surface area contributed by atoms with E-state index >= 15 is 0 Å². The van der Waals surface area contributed by atoms with Gasteiger partial charge in [0.05, 0.1) is 0 Å². The van der Waals surface area contributed by atoms with Crippen molar-refractivity contribution in [2.45, 2.75) is 19.6 Å². The zero-order valence-corrected chi connectivity index (χ0v) is 13.3. The smallest absolute Gasteiger partial charge is 0.261 e. The second-order valence-electron chi connectivity index (χ2n) is 4.99. The average molecular weight is 333 g/mol. The zero-order chi connectivity index (χ0) is 16.8. The summed E-state index contributed by atoms with van der Waals surface area (Å²) in [7, 11) is 0. The van der Waals surface area contributed by atoms with E-state index < -0.39 is 12.0 Å². The molecule has 5 nitrogen and oxygen atoms in total. The molecule has 2 rings (SSSR count). The molecule has 120 valence electrons. The Morgan fingerprint density at radius 2 is 1.74 bits per heavy atom. The highest BCUT2D eigenvalue weighted by atomic mass is 35.5. The first kappa shape index (κ1) is 16.8. The van der Waals surface area contributed by atoms with Gasteiger partial charge in [-0.1, -0.05) is 23.7 Å². The molecule has 0 fully saturated rings. The Labute approximate surface area is 139 Å². The van der Waals surface area contributed by atoms with Gasteiger partial charge in [-0.15, -0.1) is 0 Å². The second-order valence-corrected chi connectivity index (χ2v) is 5.43. The number of primary amides is 1. The lowest BCUT2D eigenvalue weighted by atomic mass is 10.1. The SMILES string of the molecule is C[C@@H](Oc1ccc(Cl)cc1)C(=O)NCc1ccc(C(N)=O)cc1. The van der Waals surface area contributed by atoms with Gasteiger partial charge in [0.1, 0.15) is 5.75 Å². The minimum atomic E-state index is -0.638. The number of amides is 2. The van der Waals surface area contributed by atoms with Gasteiger partial charge in [0.15, 0.2) is 6.10 Å². The van der Waals surface area contributed by atoms with E-state index in [4.69, 9.17) is 22.1 Å². The number of halogens is 1. The molecule has 2 aromatic rings. The van der Waals surface area contributed by atoms with Gasteiger partial charge in [0.25, 0.3) is 5.91 Å². The van der Waals surface area contributed by atoms with E-state index in [-0.39, 0.29) is 5.91 Å². The zero-order valence-electron chi connectivity index (χ0n) is 12.6. The second kappa shape index (κ2) is 7.65. The molecule has 0 heterocycles. The molecule has 1 atom stereocenters. The summed E-state index contributed by atoms with van der Waals surface area (Å²) in [6, 6.07) is 13.5. The predicted molar refractivity (Wildman–Crippen MR) is 88.3 cm³/mol. The van der Waals surface area contributed by atoms with Crippen molar-refractivity contribution in [3.05, 3.63) is 64.7 Å². The molecule has 0 aliphatic carbocycles. The van der Waals surface area contributed by atoms with Crippen molar-refractivity contribution in [2.24, 2.45) is 5.73 Å². The third kappa shape index (κ3) is 5.00. The maximum Gasteiger partial charge on any atom is 0.261 e. The van der Waals surface area contributed by atoms with Crippen LogP contribution in [0.3, 0.4) is 0 Å². The molecule has 0 saturated carbocycles. The molecule has 0 aromatic heterocycles. The van der Waals surface area contributed by atoms with Crippen molar-refractivity contribution in [1.82, 2.24) is 5.32 Å². The van der Waals surface area contributed by atoms with Crippen LogP contribution < -0.4 is 15.8 Å². The van der Waals surface area contributed by atoms with Crippen LogP contribution >= 0.6 is 11.6 Å². The van der Waals surface area contributed by atoms with Crippen molar-refractivity contribution in [2.75, 3.05) is 0 Å². The Morgan fingerprint density at radius 3 is 2.30 bits per heavy atom. The summed E-state index contributed by atoms with van der Waals surface area (Å²) in [5, 5.41) is 3.38. The number of hydrogen-bond donors (Lipinski definition) is 2.